The lowest BCUT2D eigenvalue weighted by molar-refractivity contribution is -0.149. The Labute approximate surface area is 155 Å². The molecule has 1 saturated heterocycles. The topological polar surface area (TPSA) is 79.3 Å². The minimum absolute atomic E-state index is 0.0495. The van der Waals surface area contributed by atoms with Gasteiger partial charge in [0.05, 0.1) is 6.61 Å². The summed E-state index contributed by atoms with van der Waals surface area (Å²) in [6.45, 7) is -0.397. The van der Waals surface area contributed by atoms with Crippen molar-refractivity contribution in [1.82, 2.24) is 4.90 Å². The number of amides is 1. The van der Waals surface area contributed by atoms with E-state index in [4.69, 9.17) is 4.74 Å². The zero-order chi connectivity index (χ0) is 19.6. The van der Waals surface area contributed by atoms with Crippen LogP contribution >= 0.6 is 0 Å². The average Bonchev–Trinajstić information content (AvgIpc) is 3.44. The number of rotatable bonds is 7. The molecule has 1 atom stereocenters. The van der Waals surface area contributed by atoms with E-state index in [0.717, 1.165) is 12.8 Å². The van der Waals surface area contributed by atoms with Gasteiger partial charge in [-0.05, 0) is 30.9 Å². The third-order valence-electron chi connectivity index (χ3n) is 4.75. The number of benzene rings is 1. The summed E-state index contributed by atoms with van der Waals surface area (Å²) in [5.74, 6) is -0.787. The fourth-order valence-corrected chi connectivity index (χ4v) is 3.10. The second kappa shape index (κ2) is 7.98. The van der Waals surface area contributed by atoms with Gasteiger partial charge in [-0.3, -0.25) is 4.79 Å². The number of halogens is 2. The van der Waals surface area contributed by atoms with Gasteiger partial charge >= 0.3 is 12.6 Å². The van der Waals surface area contributed by atoms with Gasteiger partial charge in [0.15, 0.2) is 11.5 Å². The Hall–Kier alpha value is -2.58. The fraction of sp³-hybridized carbons (Fsp3) is 0.556. The van der Waals surface area contributed by atoms with Gasteiger partial charge in [-0.1, -0.05) is 0 Å². The molecule has 1 aromatic rings. The number of carboxylic acid groups (broad SMARTS) is 1. The van der Waals surface area contributed by atoms with Crippen LogP contribution in [0.4, 0.5) is 14.5 Å². The smallest absolute Gasteiger partial charge is 0.387 e. The van der Waals surface area contributed by atoms with Crippen molar-refractivity contribution in [1.29, 1.82) is 0 Å². The normalized spacial score (nSPS) is 19.9. The quantitative estimate of drug-likeness (QED) is 0.777. The maximum atomic E-state index is 12.6. The SMILES string of the molecule is CC(=O)N1CCN(c2ccc(OC(F)F)c(OCC3CC3)c2)C[C@H]1C(=O)O. The van der Waals surface area contributed by atoms with E-state index in [9.17, 15) is 23.5 Å². The second-order valence-corrected chi connectivity index (χ2v) is 6.78. The molecule has 0 spiro atoms. The van der Waals surface area contributed by atoms with Gasteiger partial charge in [0, 0.05) is 38.3 Å². The Kier molecular flexibility index (Phi) is 5.67. The molecular formula is C18H22F2N2O5. The molecule has 0 aromatic heterocycles. The lowest BCUT2D eigenvalue weighted by Gasteiger charge is -2.40. The van der Waals surface area contributed by atoms with Gasteiger partial charge < -0.3 is 24.4 Å². The molecule has 1 saturated carbocycles. The van der Waals surface area contributed by atoms with E-state index in [-0.39, 0.29) is 30.5 Å². The summed E-state index contributed by atoms with van der Waals surface area (Å²) in [6.07, 6.45) is 2.11. The first-order valence-corrected chi connectivity index (χ1v) is 8.81. The van der Waals surface area contributed by atoms with Crippen LogP contribution in [0.5, 0.6) is 11.5 Å². The molecule has 2 aliphatic rings. The number of alkyl halides is 2. The summed E-state index contributed by atoms with van der Waals surface area (Å²) in [5, 5.41) is 9.42. The molecule has 7 nitrogen and oxygen atoms in total. The molecule has 27 heavy (non-hydrogen) atoms. The number of carbonyl (C=O) groups excluding carboxylic acids is 1. The summed E-state index contributed by atoms with van der Waals surface area (Å²) in [4.78, 5) is 26.3. The molecular weight excluding hydrogens is 362 g/mol. The van der Waals surface area contributed by atoms with E-state index in [1.807, 2.05) is 0 Å². The van der Waals surface area contributed by atoms with Crippen LogP contribution in [0, 0.1) is 5.92 Å². The van der Waals surface area contributed by atoms with Gasteiger partial charge in [-0.15, -0.1) is 0 Å². The molecule has 1 aromatic carbocycles. The monoisotopic (exact) mass is 384 g/mol. The Morgan fingerprint density at radius 1 is 1.26 bits per heavy atom. The van der Waals surface area contributed by atoms with E-state index in [1.54, 1.807) is 17.0 Å². The molecule has 1 aliphatic carbocycles. The summed E-state index contributed by atoms with van der Waals surface area (Å²) < 4.78 is 35.5. The van der Waals surface area contributed by atoms with E-state index in [2.05, 4.69) is 4.74 Å². The van der Waals surface area contributed by atoms with E-state index in [1.165, 1.54) is 17.9 Å². The maximum absolute atomic E-state index is 12.6. The number of hydrogen-bond acceptors (Lipinski definition) is 5. The standard InChI is InChI=1S/C18H22F2N2O5/c1-11(23)22-7-6-21(9-14(22)17(24)25)13-4-5-15(27-18(19)20)16(8-13)26-10-12-2-3-12/h4-5,8,12,14,18H,2-3,6-7,9-10H2,1H3,(H,24,25)/t14-/m0/s1. The molecule has 1 heterocycles. The number of carbonyl (C=O) groups is 2. The minimum Gasteiger partial charge on any atom is -0.489 e. The van der Waals surface area contributed by atoms with Crippen LogP contribution in [-0.2, 0) is 9.59 Å². The van der Waals surface area contributed by atoms with Crippen LogP contribution in [0.25, 0.3) is 0 Å². The predicted molar refractivity (Wildman–Crippen MR) is 92.3 cm³/mol. The summed E-state index contributed by atoms with van der Waals surface area (Å²) in [5.41, 5.74) is 0.636. The molecule has 1 aliphatic heterocycles. The van der Waals surface area contributed by atoms with Crippen molar-refractivity contribution in [3.63, 3.8) is 0 Å². The lowest BCUT2D eigenvalue weighted by Crippen LogP contribution is -2.58. The van der Waals surface area contributed by atoms with Crippen LogP contribution < -0.4 is 14.4 Å². The number of anilines is 1. The highest BCUT2D eigenvalue weighted by molar-refractivity contribution is 5.83. The van der Waals surface area contributed by atoms with Gasteiger partial charge in [0.2, 0.25) is 5.91 Å². The molecule has 148 valence electrons. The first kappa shape index (κ1) is 19.2. The van der Waals surface area contributed by atoms with Crippen molar-refractivity contribution in [3.05, 3.63) is 18.2 Å². The van der Waals surface area contributed by atoms with Gasteiger partial charge in [-0.25, -0.2) is 4.79 Å². The Morgan fingerprint density at radius 2 is 2.00 bits per heavy atom. The summed E-state index contributed by atoms with van der Waals surface area (Å²) in [6, 6.07) is 3.60. The molecule has 0 radical (unpaired) electrons. The van der Waals surface area contributed by atoms with E-state index in [0.29, 0.717) is 24.8 Å². The van der Waals surface area contributed by atoms with Gasteiger partial charge in [0.1, 0.15) is 6.04 Å². The second-order valence-electron chi connectivity index (χ2n) is 6.78. The summed E-state index contributed by atoms with van der Waals surface area (Å²) in [7, 11) is 0. The first-order chi connectivity index (χ1) is 12.8. The van der Waals surface area contributed by atoms with Crippen LogP contribution in [-0.4, -0.2) is 60.8 Å². The average molecular weight is 384 g/mol. The fourth-order valence-electron chi connectivity index (χ4n) is 3.10. The van der Waals surface area contributed by atoms with Crippen LogP contribution in [0.15, 0.2) is 18.2 Å². The Bertz CT molecular complexity index is 711. The maximum Gasteiger partial charge on any atom is 0.387 e. The highest BCUT2D eigenvalue weighted by Crippen LogP contribution is 2.36. The molecule has 1 N–H and O–H groups in total. The third kappa shape index (κ3) is 4.78. The van der Waals surface area contributed by atoms with Crippen molar-refractivity contribution in [2.75, 3.05) is 31.1 Å². The van der Waals surface area contributed by atoms with Crippen molar-refractivity contribution in [3.8, 4) is 11.5 Å². The zero-order valence-electron chi connectivity index (χ0n) is 14.9. The molecule has 3 rings (SSSR count). The molecule has 0 unspecified atom stereocenters. The summed E-state index contributed by atoms with van der Waals surface area (Å²) >= 11 is 0. The van der Waals surface area contributed by atoms with Crippen molar-refractivity contribution in [2.24, 2.45) is 5.92 Å². The van der Waals surface area contributed by atoms with Crippen molar-refractivity contribution < 1.29 is 33.0 Å². The number of aliphatic carboxylic acids is 1. The van der Waals surface area contributed by atoms with Crippen LogP contribution in [0.3, 0.4) is 0 Å². The molecule has 2 fully saturated rings. The highest BCUT2D eigenvalue weighted by atomic mass is 19.3. The lowest BCUT2D eigenvalue weighted by atomic mass is 10.1. The molecule has 9 heteroatoms. The molecule has 1 amide bonds. The highest BCUT2D eigenvalue weighted by Gasteiger charge is 2.34. The number of ether oxygens (including phenoxy) is 2. The Balaban J connectivity index is 1.79. The van der Waals surface area contributed by atoms with Crippen LogP contribution in [0.1, 0.15) is 19.8 Å². The first-order valence-electron chi connectivity index (χ1n) is 8.81. The number of nitrogens with zero attached hydrogens (tertiary/aromatic N) is 2. The number of piperazine rings is 1. The van der Waals surface area contributed by atoms with E-state index < -0.39 is 18.6 Å². The largest absolute Gasteiger partial charge is 0.489 e. The van der Waals surface area contributed by atoms with Crippen molar-refractivity contribution >= 4 is 17.6 Å². The van der Waals surface area contributed by atoms with Crippen LogP contribution in [0.2, 0.25) is 0 Å². The van der Waals surface area contributed by atoms with E-state index >= 15 is 0 Å². The number of carboxylic acids is 1. The minimum atomic E-state index is -2.96. The Morgan fingerprint density at radius 3 is 2.59 bits per heavy atom. The van der Waals surface area contributed by atoms with Crippen molar-refractivity contribution in [2.45, 2.75) is 32.4 Å². The van der Waals surface area contributed by atoms with Gasteiger partial charge in [-0.2, -0.15) is 8.78 Å². The predicted octanol–water partition coefficient (Wildman–Crippen LogP) is 2.20. The third-order valence-corrected chi connectivity index (χ3v) is 4.75. The zero-order valence-corrected chi connectivity index (χ0v) is 14.9. The molecule has 0 bridgehead atoms. The van der Waals surface area contributed by atoms with Gasteiger partial charge in [0.25, 0.3) is 0 Å². The number of hydrogen-bond donors (Lipinski definition) is 1.